The fourth-order valence-corrected chi connectivity index (χ4v) is 4.72. The minimum atomic E-state index is 0.101. The van der Waals surface area contributed by atoms with Crippen LogP contribution in [0.3, 0.4) is 0 Å². The van der Waals surface area contributed by atoms with Gasteiger partial charge in [0.15, 0.2) is 0 Å². The van der Waals surface area contributed by atoms with Crippen molar-refractivity contribution < 1.29 is 9.59 Å². The van der Waals surface area contributed by atoms with Crippen molar-refractivity contribution >= 4 is 17.6 Å². The van der Waals surface area contributed by atoms with E-state index in [2.05, 4.69) is 4.98 Å². The minimum Gasteiger partial charge on any atom is -0.342 e. The maximum absolute atomic E-state index is 12.9. The number of carbonyl (C=O) groups excluding carboxylic acids is 2. The van der Waals surface area contributed by atoms with Crippen molar-refractivity contribution in [3.05, 3.63) is 47.2 Å². The largest absolute Gasteiger partial charge is 0.342 e. The molecule has 7 heteroatoms. The van der Waals surface area contributed by atoms with Crippen molar-refractivity contribution in [3.8, 4) is 0 Å². The average molecular weight is 420 g/mol. The average Bonchev–Trinajstić information content (AvgIpc) is 3.61. The SMILES string of the molecule is Cc1nc([C@@H]2CCCN(C(=O)Cc3ccccn3)C2)nc2c1CCC(=O)N2CC1CC1. The topological polar surface area (TPSA) is 79.3 Å². The van der Waals surface area contributed by atoms with E-state index in [1.54, 1.807) is 6.20 Å². The van der Waals surface area contributed by atoms with E-state index in [1.807, 2.05) is 34.9 Å². The van der Waals surface area contributed by atoms with Crippen LogP contribution in [0.2, 0.25) is 0 Å². The van der Waals surface area contributed by atoms with Crippen LogP contribution in [0, 0.1) is 12.8 Å². The highest BCUT2D eigenvalue weighted by Gasteiger charge is 2.34. The fraction of sp³-hybridized carbons (Fsp3) is 0.542. The summed E-state index contributed by atoms with van der Waals surface area (Å²) in [5.74, 6) is 2.60. The monoisotopic (exact) mass is 419 g/mol. The van der Waals surface area contributed by atoms with Crippen LogP contribution in [0.15, 0.2) is 24.4 Å². The van der Waals surface area contributed by atoms with Gasteiger partial charge in [-0.25, -0.2) is 9.97 Å². The summed E-state index contributed by atoms with van der Waals surface area (Å²) >= 11 is 0. The number of amides is 2. The van der Waals surface area contributed by atoms with Crippen LogP contribution in [-0.2, 0) is 22.4 Å². The van der Waals surface area contributed by atoms with Gasteiger partial charge < -0.3 is 4.90 Å². The third kappa shape index (κ3) is 4.31. The second-order valence-corrected chi connectivity index (χ2v) is 9.09. The van der Waals surface area contributed by atoms with Gasteiger partial charge in [0.25, 0.3) is 0 Å². The first-order valence-corrected chi connectivity index (χ1v) is 11.4. The fourth-order valence-electron chi connectivity index (χ4n) is 4.72. The number of anilines is 1. The lowest BCUT2D eigenvalue weighted by atomic mass is 9.95. The second-order valence-electron chi connectivity index (χ2n) is 9.09. The number of hydrogen-bond donors (Lipinski definition) is 0. The predicted octanol–water partition coefficient (Wildman–Crippen LogP) is 2.82. The summed E-state index contributed by atoms with van der Waals surface area (Å²) in [4.78, 5) is 43.4. The zero-order valence-corrected chi connectivity index (χ0v) is 18.1. The molecule has 7 nitrogen and oxygen atoms in total. The standard InChI is InChI=1S/C24H29N5O2/c1-16-20-9-10-21(30)29(14-17-7-8-17)24(20)27-23(26-16)18-5-4-12-28(15-18)22(31)13-19-6-2-3-11-25-19/h2-3,6,11,17-18H,4-5,7-10,12-15H2,1H3/t18-/m1/s1. The Kier molecular flexibility index (Phi) is 5.42. The minimum absolute atomic E-state index is 0.101. The van der Waals surface area contributed by atoms with Gasteiger partial charge in [-0.2, -0.15) is 0 Å². The molecule has 0 spiro atoms. The zero-order chi connectivity index (χ0) is 21.4. The van der Waals surface area contributed by atoms with Crippen LogP contribution in [-0.4, -0.2) is 51.3 Å². The molecule has 162 valence electrons. The molecule has 0 bridgehead atoms. The van der Waals surface area contributed by atoms with Crippen molar-refractivity contribution in [1.29, 1.82) is 0 Å². The molecular weight excluding hydrogens is 390 g/mol. The first kappa shape index (κ1) is 20.1. The summed E-state index contributed by atoms with van der Waals surface area (Å²) in [5, 5.41) is 0. The van der Waals surface area contributed by atoms with Gasteiger partial charge >= 0.3 is 0 Å². The number of nitrogens with zero attached hydrogens (tertiary/aromatic N) is 5. The van der Waals surface area contributed by atoms with Crippen LogP contribution in [0.4, 0.5) is 5.82 Å². The number of carbonyl (C=O) groups is 2. The van der Waals surface area contributed by atoms with Crippen molar-refractivity contribution in [1.82, 2.24) is 19.9 Å². The van der Waals surface area contributed by atoms with Crippen LogP contribution >= 0.6 is 0 Å². The van der Waals surface area contributed by atoms with E-state index < -0.39 is 0 Å². The molecule has 3 aliphatic rings. The summed E-state index contributed by atoms with van der Waals surface area (Å²) in [5.41, 5.74) is 2.89. The van der Waals surface area contributed by atoms with E-state index in [0.717, 1.165) is 60.9 Å². The van der Waals surface area contributed by atoms with E-state index in [-0.39, 0.29) is 17.7 Å². The Hall–Kier alpha value is -2.83. The lowest BCUT2D eigenvalue weighted by molar-refractivity contribution is -0.131. The molecule has 0 aromatic carbocycles. The molecule has 4 heterocycles. The summed E-state index contributed by atoms with van der Waals surface area (Å²) < 4.78 is 0. The number of aromatic nitrogens is 3. The first-order valence-electron chi connectivity index (χ1n) is 11.4. The number of hydrogen-bond acceptors (Lipinski definition) is 5. The Bertz CT molecular complexity index is 989. The molecule has 1 saturated heterocycles. The zero-order valence-electron chi connectivity index (χ0n) is 18.1. The lowest BCUT2D eigenvalue weighted by Gasteiger charge is -2.34. The van der Waals surface area contributed by atoms with Gasteiger partial charge in [0.2, 0.25) is 11.8 Å². The smallest absolute Gasteiger partial charge is 0.228 e. The van der Waals surface area contributed by atoms with Gasteiger partial charge in [-0.15, -0.1) is 0 Å². The maximum atomic E-state index is 12.9. The summed E-state index contributed by atoms with van der Waals surface area (Å²) in [6.07, 6.45) is 7.60. The van der Waals surface area contributed by atoms with Crippen LogP contribution in [0.25, 0.3) is 0 Å². The van der Waals surface area contributed by atoms with Gasteiger partial charge in [0.1, 0.15) is 11.6 Å². The third-order valence-corrected chi connectivity index (χ3v) is 6.69. The lowest BCUT2D eigenvalue weighted by Crippen LogP contribution is -2.41. The number of piperidine rings is 1. The molecule has 0 N–H and O–H groups in total. The Morgan fingerprint density at radius 3 is 2.81 bits per heavy atom. The highest BCUT2D eigenvalue weighted by atomic mass is 16.2. The number of rotatable bonds is 5. The van der Waals surface area contributed by atoms with E-state index in [9.17, 15) is 9.59 Å². The van der Waals surface area contributed by atoms with E-state index >= 15 is 0 Å². The van der Waals surface area contributed by atoms with Gasteiger partial charge in [0, 0.05) is 55.1 Å². The Morgan fingerprint density at radius 1 is 1.16 bits per heavy atom. The van der Waals surface area contributed by atoms with Crippen molar-refractivity contribution in [3.63, 3.8) is 0 Å². The van der Waals surface area contributed by atoms with E-state index in [0.29, 0.717) is 25.3 Å². The van der Waals surface area contributed by atoms with Gasteiger partial charge in [-0.05, 0) is 57.1 Å². The first-order chi connectivity index (χ1) is 15.1. The molecule has 2 aromatic rings. The molecule has 1 saturated carbocycles. The molecule has 2 fully saturated rings. The predicted molar refractivity (Wildman–Crippen MR) is 117 cm³/mol. The number of aryl methyl sites for hydroxylation is 1. The quantitative estimate of drug-likeness (QED) is 0.745. The normalized spacial score (nSPS) is 21.2. The molecule has 31 heavy (non-hydrogen) atoms. The molecule has 2 aliphatic heterocycles. The summed E-state index contributed by atoms with van der Waals surface area (Å²) in [7, 11) is 0. The molecule has 2 aromatic heterocycles. The number of likely N-dealkylation sites (tertiary alicyclic amines) is 1. The highest BCUT2D eigenvalue weighted by Crippen LogP contribution is 2.36. The van der Waals surface area contributed by atoms with Crippen LogP contribution in [0.1, 0.15) is 60.8 Å². The third-order valence-electron chi connectivity index (χ3n) is 6.69. The highest BCUT2D eigenvalue weighted by molar-refractivity contribution is 5.95. The molecular formula is C24H29N5O2. The molecule has 5 rings (SSSR count). The van der Waals surface area contributed by atoms with Gasteiger partial charge in [0.05, 0.1) is 6.42 Å². The molecule has 2 amide bonds. The van der Waals surface area contributed by atoms with E-state index in [4.69, 9.17) is 9.97 Å². The molecule has 1 aliphatic carbocycles. The van der Waals surface area contributed by atoms with Gasteiger partial charge in [-0.1, -0.05) is 6.07 Å². The van der Waals surface area contributed by atoms with Crippen LogP contribution in [0.5, 0.6) is 0 Å². The summed E-state index contributed by atoms with van der Waals surface area (Å²) in [6.45, 7) is 4.20. The number of pyridine rings is 1. The molecule has 1 atom stereocenters. The number of fused-ring (bicyclic) bond motifs is 1. The maximum Gasteiger partial charge on any atom is 0.228 e. The van der Waals surface area contributed by atoms with E-state index in [1.165, 1.54) is 12.8 Å². The Labute approximate surface area is 182 Å². The second kappa shape index (κ2) is 8.36. The Balaban J connectivity index is 1.36. The van der Waals surface area contributed by atoms with Crippen molar-refractivity contribution in [2.75, 3.05) is 24.5 Å². The van der Waals surface area contributed by atoms with Crippen molar-refractivity contribution in [2.24, 2.45) is 5.92 Å². The Morgan fingerprint density at radius 2 is 2.03 bits per heavy atom. The summed E-state index contributed by atoms with van der Waals surface area (Å²) in [6, 6.07) is 5.66. The molecule has 0 unspecified atom stereocenters. The van der Waals surface area contributed by atoms with Crippen LogP contribution < -0.4 is 4.90 Å². The molecule has 0 radical (unpaired) electrons. The van der Waals surface area contributed by atoms with Gasteiger partial charge in [-0.3, -0.25) is 19.5 Å². The van der Waals surface area contributed by atoms with Crippen molar-refractivity contribution in [2.45, 2.75) is 57.8 Å².